The van der Waals surface area contributed by atoms with Crippen LogP contribution in [0.1, 0.15) is 50.5 Å². The first-order valence-corrected chi connectivity index (χ1v) is 10.6. The summed E-state index contributed by atoms with van der Waals surface area (Å²) in [5, 5.41) is 0. The summed E-state index contributed by atoms with van der Waals surface area (Å²) in [4.78, 5) is 0. The first kappa shape index (κ1) is 22.6. The number of rotatable bonds is 9. The van der Waals surface area contributed by atoms with Crippen molar-refractivity contribution in [1.29, 1.82) is 0 Å². The van der Waals surface area contributed by atoms with Crippen molar-refractivity contribution < 1.29 is 27.4 Å². The fraction of sp³-hybridized carbons (Fsp3) is 0.500. The van der Waals surface area contributed by atoms with Crippen LogP contribution in [0.25, 0.3) is 11.1 Å². The van der Waals surface area contributed by atoms with Gasteiger partial charge in [-0.1, -0.05) is 25.5 Å². The summed E-state index contributed by atoms with van der Waals surface area (Å²) in [5.74, 6) is -2.83. The average Bonchev–Trinajstić information content (AvgIpc) is 2.76. The van der Waals surface area contributed by atoms with Crippen molar-refractivity contribution >= 4 is 0 Å². The number of ether oxygens (including phenoxy) is 3. The van der Waals surface area contributed by atoms with Crippen molar-refractivity contribution in [2.75, 3.05) is 26.9 Å². The lowest BCUT2D eigenvalue weighted by Crippen LogP contribution is -2.25. The fourth-order valence-electron chi connectivity index (χ4n) is 3.73. The Labute approximate surface area is 176 Å². The number of methoxy groups -OCH3 is 1. The zero-order valence-electron chi connectivity index (χ0n) is 17.6. The maximum absolute atomic E-state index is 14.8. The Morgan fingerprint density at radius 1 is 1.00 bits per heavy atom. The third-order valence-corrected chi connectivity index (χ3v) is 5.57. The molecular formula is C24H29F3O3. The van der Waals surface area contributed by atoms with E-state index in [2.05, 4.69) is 0 Å². The van der Waals surface area contributed by atoms with E-state index >= 15 is 0 Å². The molecule has 2 atom stereocenters. The molecule has 0 aliphatic carbocycles. The van der Waals surface area contributed by atoms with Gasteiger partial charge in [0.1, 0.15) is 5.82 Å². The molecule has 3 rings (SSSR count). The minimum Gasteiger partial charge on any atom is -0.490 e. The maximum Gasteiger partial charge on any atom is 0.201 e. The molecule has 2 aromatic rings. The van der Waals surface area contributed by atoms with Crippen LogP contribution >= 0.6 is 0 Å². The molecular weight excluding hydrogens is 393 g/mol. The number of hydrogen-bond donors (Lipinski definition) is 0. The Morgan fingerprint density at radius 2 is 1.80 bits per heavy atom. The first-order chi connectivity index (χ1) is 14.5. The molecule has 1 aliphatic heterocycles. The quantitative estimate of drug-likeness (QED) is 0.447. The van der Waals surface area contributed by atoms with Crippen LogP contribution in [0.5, 0.6) is 5.75 Å². The number of halogens is 3. The summed E-state index contributed by atoms with van der Waals surface area (Å²) in [6.07, 6.45) is 4.42. The molecule has 0 N–H and O–H groups in total. The Balaban J connectivity index is 1.72. The Hall–Kier alpha value is -2.05. The van der Waals surface area contributed by atoms with Gasteiger partial charge in [0.05, 0.1) is 19.3 Å². The van der Waals surface area contributed by atoms with E-state index in [1.165, 1.54) is 24.3 Å². The number of hydrogen-bond acceptors (Lipinski definition) is 3. The highest BCUT2D eigenvalue weighted by molar-refractivity contribution is 5.66. The van der Waals surface area contributed by atoms with Gasteiger partial charge in [0, 0.05) is 30.8 Å². The molecule has 0 spiro atoms. The van der Waals surface area contributed by atoms with Crippen molar-refractivity contribution in [1.82, 2.24) is 0 Å². The van der Waals surface area contributed by atoms with Crippen molar-refractivity contribution in [3.8, 4) is 16.9 Å². The van der Waals surface area contributed by atoms with E-state index in [1.807, 2.05) is 6.92 Å². The van der Waals surface area contributed by atoms with Gasteiger partial charge in [0.15, 0.2) is 11.6 Å². The summed E-state index contributed by atoms with van der Waals surface area (Å²) < 4.78 is 60.0. The SMILES string of the molecule is CCCCOc1ccc(-c2ccc(C3CCC(CCOC)OC3)cc2F)c(F)c1F. The summed E-state index contributed by atoms with van der Waals surface area (Å²) in [6.45, 7) is 3.46. The fourth-order valence-corrected chi connectivity index (χ4v) is 3.73. The summed E-state index contributed by atoms with van der Waals surface area (Å²) >= 11 is 0. The molecule has 1 fully saturated rings. The molecule has 30 heavy (non-hydrogen) atoms. The van der Waals surface area contributed by atoms with Gasteiger partial charge in [-0.2, -0.15) is 4.39 Å². The lowest BCUT2D eigenvalue weighted by Gasteiger charge is -2.29. The molecule has 0 aromatic heterocycles. The number of benzene rings is 2. The van der Waals surface area contributed by atoms with Crippen LogP contribution in [0.2, 0.25) is 0 Å². The van der Waals surface area contributed by atoms with Gasteiger partial charge in [-0.3, -0.25) is 0 Å². The highest BCUT2D eigenvalue weighted by atomic mass is 19.2. The highest BCUT2D eigenvalue weighted by Gasteiger charge is 2.24. The second-order valence-electron chi connectivity index (χ2n) is 7.69. The van der Waals surface area contributed by atoms with Crippen molar-refractivity contribution in [2.45, 2.75) is 51.0 Å². The maximum atomic E-state index is 14.8. The van der Waals surface area contributed by atoms with Gasteiger partial charge >= 0.3 is 0 Å². The van der Waals surface area contributed by atoms with E-state index < -0.39 is 17.5 Å². The third kappa shape index (κ3) is 5.35. The molecule has 1 heterocycles. The second kappa shape index (κ2) is 10.8. The van der Waals surface area contributed by atoms with Gasteiger partial charge in [0.2, 0.25) is 5.82 Å². The minimum absolute atomic E-state index is 0.0324. The van der Waals surface area contributed by atoms with Crippen LogP contribution in [0, 0.1) is 17.5 Å². The lowest BCUT2D eigenvalue weighted by molar-refractivity contribution is -0.0128. The summed E-state index contributed by atoms with van der Waals surface area (Å²) in [5.41, 5.74) is 0.728. The monoisotopic (exact) mass is 422 g/mol. The van der Waals surface area contributed by atoms with E-state index in [0.717, 1.165) is 37.7 Å². The largest absolute Gasteiger partial charge is 0.490 e. The van der Waals surface area contributed by atoms with E-state index in [4.69, 9.17) is 14.2 Å². The van der Waals surface area contributed by atoms with Gasteiger partial charge in [-0.05, 0) is 49.4 Å². The molecule has 3 nitrogen and oxygen atoms in total. The van der Waals surface area contributed by atoms with Gasteiger partial charge in [-0.15, -0.1) is 0 Å². The van der Waals surface area contributed by atoms with Crippen molar-refractivity contribution in [3.05, 3.63) is 53.3 Å². The van der Waals surface area contributed by atoms with Crippen molar-refractivity contribution in [2.24, 2.45) is 0 Å². The predicted octanol–water partition coefficient (Wildman–Crippen LogP) is 6.25. The highest BCUT2D eigenvalue weighted by Crippen LogP contribution is 2.35. The smallest absolute Gasteiger partial charge is 0.201 e. The van der Waals surface area contributed by atoms with Crippen LogP contribution in [-0.4, -0.2) is 33.0 Å². The van der Waals surface area contributed by atoms with E-state index in [0.29, 0.717) is 19.8 Å². The first-order valence-electron chi connectivity index (χ1n) is 10.6. The van der Waals surface area contributed by atoms with Gasteiger partial charge in [-0.25, -0.2) is 8.78 Å². The number of unbranched alkanes of at least 4 members (excludes halogenated alkanes) is 1. The molecule has 2 aromatic carbocycles. The van der Waals surface area contributed by atoms with Crippen molar-refractivity contribution in [3.63, 3.8) is 0 Å². The molecule has 0 bridgehead atoms. The van der Waals surface area contributed by atoms with Crippen LogP contribution in [-0.2, 0) is 9.47 Å². The normalized spacial score (nSPS) is 19.1. The van der Waals surface area contributed by atoms with Crippen LogP contribution in [0.15, 0.2) is 30.3 Å². The topological polar surface area (TPSA) is 27.7 Å². The molecule has 0 amide bonds. The predicted molar refractivity (Wildman–Crippen MR) is 110 cm³/mol. The summed E-state index contributed by atoms with van der Waals surface area (Å²) in [7, 11) is 1.66. The second-order valence-corrected chi connectivity index (χ2v) is 7.69. The zero-order valence-corrected chi connectivity index (χ0v) is 17.6. The Morgan fingerprint density at radius 3 is 2.47 bits per heavy atom. The Kier molecular flexibility index (Phi) is 8.16. The zero-order chi connectivity index (χ0) is 21.5. The lowest BCUT2D eigenvalue weighted by atomic mass is 9.89. The molecule has 2 unspecified atom stereocenters. The van der Waals surface area contributed by atoms with Gasteiger partial charge in [0.25, 0.3) is 0 Å². The van der Waals surface area contributed by atoms with E-state index in [1.54, 1.807) is 13.2 Å². The van der Waals surface area contributed by atoms with E-state index in [-0.39, 0.29) is 28.9 Å². The standard InChI is InChI=1S/C24H29F3O3/c1-3-4-12-29-22-10-9-20(23(26)24(22)27)19-8-6-16(14-21(19)25)17-5-7-18(30-15-17)11-13-28-2/h6,8-10,14,17-18H,3-5,7,11-13,15H2,1-2H3. The van der Waals surface area contributed by atoms with Gasteiger partial charge < -0.3 is 14.2 Å². The minimum atomic E-state index is -1.10. The van der Waals surface area contributed by atoms with Crippen LogP contribution < -0.4 is 4.74 Å². The third-order valence-electron chi connectivity index (χ3n) is 5.57. The van der Waals surface area contributed by atoms with Crippen LogP contribution in [0.4, 0.5) is 13.2 Å². The molecule has 1 saturated heterocycles. The molecule has 0 radical (unpaired) electrons. The van der Waals surface area contributed by atoms with Crippen LogP contribution in [0.3, 0.4) is 0 Å². The molecule has 164 valence electrons. The van der Waals surface area contributed by atoms with E-state index in [9.17, 15) is 13.2 Å². The molecule has 6 heteroatoms. The Bertz CT molecular complexity index is 833. The molecule has 0 saturated carbocycles. The molecule has 1 aliphatic rings. The summed E-state index contributed by atoms with van der Waals surface area (Å²) in [6, 6.07) is 7.40. The average molecular weight is 422 g/mol.